The molecule has 1 aliphatic rings. The summed E-state index contributed by atoms with van der Waals surface area (Å²) < 4.78 is 0. The number of aromatic nitrogens is 2. The number of nitrogens with one attached hydrogen (secondary N) is 1. The maximum Gasteiger partial charge on any atom is 0.120 e. The summed E-state index contributed by atoms with van der Waals surface area (Å²) in [7, 11) is 1.99. The standard InChI is InChI=1S/C10H17N3S/c1-11-7-3-6-9-12-13-10(14-9)8-4-2-5-8/h8,11H,2-7H2,1H3. The zero-order chi connectivity index (χ0) is 9.80. The molecule has 14 heavy (non-hydrogen) atoms. The molecule has 1 aromatic heterocycles. The molecule has 0 spiro atoms. The first-order valence-electron chi connectivity index (χ1n) is 5.37. The molecule has 0 saturated heterocycles. The molecule has 0 aromatic carbocycles. The monoisotopic (exact) mass is 211 g/mol. The number of hydrogen-bond acceptors (Lipinski definition) is 4. The lowest BCUT2D eigenvalue weighted by Crippen LogP contribution is -2.08. The lowest BCUT2D eigenvalue weighted by molar-refractivity contribution is 0.416. The van der Waals surface area contributed by atoms with Crippen LogP contribution >= 0.6 is 11.3 Å². The van der Waals surface area contributed by atoms with Crippen LogP contribution < -0.4 is 5.32 Å². The van der Waals surface area contributed by atoms with E-state index in [4.69, 9.17) is 0 Å². The Hall–Kier alpha value is -0.480. The minimum atomic E-state index is 0.741. The molecular weight excluding hydrogens is 194 g/mol. The largest absolute Gasteiger partial charge is 0.320 e. The average molecular weight is 211 g/mol. The van der Waals surface area contributed by atoms with Gasteiger partial charge in [-0.15, -0.1) is 21.5 Å². The molecule has 0 unspecified atom stereocenters. The van der Waals surface area contributed by atoms with Crippen molar-refractivity contribution >= 4 is 11.3 Å². The Balaban J connectivity index is 1.83. The van der Waals surface area contributed by atoms with E-state index < -0.39 is 0 Å². The van der Waals surface area contributed by atoms with E-state index in [-0.39, 0.29) is 0 Å². The third-order valence-corrected chi connectivity index (χ3v) is 3.90. The average Bonchev–Trinajstić information content (AvgIpc) is 2.51. The van der Waals surface area contributed by atoms with Crippen LogP contribution in [0.5, 0.6) is 0 Å². The first-order chi connectivity index (χ1) is 6.90. The Morgan fingerprint density at radius 2 is 2.29 bits per heavy atom. The normalized spacial score (nSPS) is 16.9. The van der Waals surface area contributed by atoms with E-state index in [1.54, 1.807) is 0 Å². The van der Waals surface area contributed by atoms with E-state index in [2.05, 4.69) is 15.5 Å². The maximum absolute atomic E-state index is 4.27. The topological polar surface area (TPSA) is 37.8 Å². The highest BCUT2D eigenvalue weighted by atomic mass is 32.1. The molecule has 0 aliphatic heterocycles. The van der Waals surface area contributed by atoms with Crippen LogP contribution in [0.25, 0.3) is 0 Å². The molecule has 1 fully saturated rings. The predicted molar refractivity (Wildman–Crippen MR) is 58.7 cm³/mol. The fourth-order valence-electron chi connectivity index (χ4n) is 1.60. The highest BCUT2D eigenvalue weighted by Crippen LogP contribution is 2.37. The summed E-state index contributed by atoms with van der Waals surface area (Å²) in [5.41, 5.74) is 0. The van der Waals surface area contributed by atoms with Crippen molar-refractivity contribution in [1.29, 1.82) is 0 Å². The second-order valence-corrected chi connectivity index (χ2v) is 4.96. The van der Waals surface area contributed by atoms with Crippen molar-refractivity contribution in [1.82, 2.24) is 15.5 Å². The van der Waals surface area contributed by atoms with Gasteiger partial charge in [-0.2, -0.15) is 0 Å². The molecule has 0 amide bonds. The van der Waals surface area contributed by atoms with Crippen molar-refractivity contribution in [3.63, 3.8) is 0 Å². The van der Waals surface area contributed by atoms with Crippen LogP contribution in [0.4, 0.5) is 0 Å². The zero-order valence-electron chi connectivity index (χ0n) is 8.62. The summed E-state index contributed by atoms with van der Waals surface area (Å²) >= 11 is 1.82. The van der Waals surface area contributed by atoms with Crippen molar-refractivity contribution in [2.45, 2.75) is 38.0 Å². The van der Waals surface area contributed by atoms with Gasteiger partial charge >= 0.3 is 0 Å². The van der Waals surface area contributed by atoms with Crippen LogP contribution in [0.2, 0.25) is 0 Å². The molecule has 0 bridgehead atoms. The molecule has 2 rings (SSSR count). The summed E-state index contributed by atoms with van der Waals surface area (Å²) in [6.45, 7) is 1.07. The van der Waals surface area contributed by atoms with E-state index in [0.29, 0.717) is 0 Å². The molecule has 4 heteroatoms. The predicted octanol–water partition coefficient (Wildman–Crippen LogP) is 1.96. The Morgan fingerprint density at radius 1 is 1.43 bits per heavy atom. The molecular formula is C10H17N3S. The van der Waals surface area contributed by atoms with Gasteiger partial charge in [0.05, 0.1) is 0 Å². The van der Waals surface area contributed by atoms with Crippen molar-refractivity contribution in [2.24, 2.45) is 0 Å². The first-order valence-corrected chi connectivity index (χ1v) is 6.18. The highest BCUT2D eigenvalue weighted by Gasteiger charge is 2.23. The summed E-state index contributed by atoms with van der Waals surface area (Å²) in [6, 6.07) is 0. The Kier molecular flexibility index (Phi) is 3.48. The third-order valence-electron chi connectivity index (χ3n) is 2.75. The lowest BCUT2D eigenvalue weighted by atomic mass is 9.86. The van der Waals surface area contributed by atoms with Crippen LogP contribution in [0.15, 0.2) is 0 Å². The molecule has 1 aromatic rings. The van der Waals surface area contributed by atoms with Crippen molar-refractivity contribution < 1.29 is 0 Å². The van der Waals surface area contributed by atoms with Gasteiger partial charge in [0.1, 0.15) is 10.0 Å². The van der Waals surface area contributed by atoms with Gasteiger partial charge in [-0.05, 0) is 32.9 Å². The lowest BCUT2D eigenvalue weighted by Gasteiger charge is -2.21. The van der Waals surface area contributed by atoms with Crippen molar-refractivity contribution in [2.75, 3.05) is 13.6 Å². The summed E-state index contributed by atoms with van der Waals surface area (Å²) in [4.78, 5) is 0. The van der Waals surface area contributed by atoms with Gasteiger partial charge in [-0.1, -0.05) is 6.42 Å². The van der Waals surface area contributed by atoms with Gasteiger partial charge < -0.3 is 5.32 Å². The van der Waals surface area contributed by atoms with E-state index in [0.717, 1.165) is 25.3 Å². The van der Waals surface area contributed by atoms with Crippen LogP contribution in [0, 0.1) is 0 Å². The second kappa shape index (κ2) is 4.84. The summed E-state index contributed by atoms with van der Waals surface area (Å²) in [6.07, 6.45) is 6.26. The molecule has 1 heterocycles. The molecule has 0 atom stereocenters. The summed E-state index contributed by atoms with van der Waals surface area (Å²) in [5, 5.41) is 14.1. The molecule has 3 nitrogen and oxygen atoms in total. The van der Waals surface area contributed by atoms with E-state index in [1.807, 2.05) is 18.4 Å². The van der Waals surface area contributed by atoms with Gasteiger partial charge in [0.25, 0.3) is 0 Å². The van der Waals surface area contributed by atoms with Crippen LogP contribution in [0.3, 0.4) is 0 Å². The molecule has 0 radical (unpaired) electrons. The fraction of sp³-hybridized carbons (Fsp3) is 0.800. The van der Waals surface area contributed by atoms with E-state index in [9.17, 15) is 0 Å². The molecule has 78 valence electrons. The Labute approximate surface area is 88.9 Å². The Bertz CT molecular complexity index is 281. The van der Waals surface area contributed by atoms with Gasteiger partial charge in [0.15, 0.2) is 0 Å². The van der Waals surface area contributed by atoms with Gasteiger partial charge in [-0.25, -0.2) is 0 Å². The Morgan fingerprint density at radius 3 is 2.93 bits per heavy atom. The molecule has 1 N–H and O–H groups in total. The SMILES string of the molecule is CNCCCc1nnc(C2CCC2)s1. The highest BCUT2D eigenvalue weighted by molar-refractivity contribution is 7.11. The fourth-order valence-corrected chi connectivity index (χ4v) is 2.66. The minimum Gasteiger partial charge on any atom is -0.320 e. The third kappa shape index (κ3) is 2.30. The van der Waals surface area contributed by atoms with Crippen molar-refractivity contribution in [3.8, 4) is 0 Å². The van der Waals surface area contributed by atoms with Crippen LogP contribution in [-0.2, 0) is 6.42 Å². The molecule has 1 aliphatic carbocycles. The number of aryl methyl sites for hydroxylation is 1. The maximum atomic E-state index is 4.27. The number of nitrogens with zero attached hydrogens (tertiary/aromatic N) is 2. The first kappa shape index (κ1) is 10.1. The van der Waals surface area contributed by atoms with E-state index >= 15 is 0 Å². The number of hydrogen-bond donors (Lipinski definition) is 1. The van der Waals surface area contributed by atoms with Crippen LogP contribution in [0.1, 0.15) is 41.6 Å². The van der Waals surface area contributed by atoms with E-state index in [1.165, 1.54) is 29.3 Å². The zero-order valence-corrected chi connectivity index (χ0v) is 9.44. The minimum absolute atomic E-state index is 0.741. The summed E-state index contributed by atoms with van der Waals surface area (Å²) in [5.74, 6) is 0.741. The second-order valence-electron chi connectivity index (χ2n) is 3.87. The number of rotatable bonds is 5. The molecule has 1 saturated carbocycles. The van der Waals surface area contributed by atoms with Crippen LogP contribution in [-0.4, -0.2) is 23.8 Å². The van der Waals surface area contributed by atoms with Gasteiger partial charge in [-0.3, -0.25) is 0 Å². The van der Waals surface area contributed by atoms with Crippen molar-refractivity contribution in [3.05, 3.63) is 10.0 Å². The quantitative estimate of drug-likeness (QED) is 0.757. The van der Waals surface area contributed by atoms with Gasteiger partial charge in [0.2, 0.25) is 0 Å². The van der Waals surface area contributed by atoms with Gasteiger partial charge in [0, 0.05) is 12.3 Å². The smallest absolute Gasteiger partial charge is 0.120 e.